The summed E-state index contributed by atoms with van der Waals surface area (Å²) in [6.07, 6.45) is 9.54. The van der Waals surface area contributed by atoms with Gasteiger partial charge in [-0.2, -0.15) is 0 Å². The number of nitrogens with one attached hydrogen (secondary N) is 1. The van der Waals surface area contributed by atoms with Crippen molar-refractivity contribution in [2.24, 2.45) is 5.92 Å². The van der Waals surface area contributed by atoms with E-state index in [2.05, 4.69) is 5.32 Å². The molecule has 76 valence electrons. The molecule has 1 saturated carbocycles. The molecule has 0 bridgehead atoms. The van der Waals surface area contributed by atoms with Gasteiger partial charge >= 0.3 is 0 Å². The number of hydrogen-bond donors (Lipinski definition) is 1. The quantitative estimate of drug-likeness (QED) is 0.669. The van der Waals surface area contributed by atoms with Crippen LogP contribution in [-0.4, -0.2) is 12.5 Å². The van der Waals surface area contributed by atoms with Crippen molar-refractivity contribution in [1.29, 1.82) is 0 Å². The monoisotopic (exact) mass is 183 g/mol. The zero-order valence-electron chi connectivity index (χ0n) is 8.64. The highest BCUT2D eigenvalue weighted by molar-refractivity contribution is 5.72. The molecule has 0 unspecified atom stereocenters. The highest BCUT2D eigenvalue weighted by atomic mass is 16.1. The van der Waals surface area contributed by atoms with Crippen LogP contribution in [0.25, 0.3) is 0 Å². The molecule has 1 aliphatic carbocycles. The molecule has 0 aromatic rings. The van der Waals surface area contributed by atoms with E-state index in [9.17, 15) is 4.79 Å². The lowest BCUT2D eigenvalue weighted by Crippen LogP contribution is -2.22. The fourth-order valence-corrected chi connectivity index (χ4v) is 2.10. The molecule has 0 saturated heterocycles. The van der Waals surface area contributed by atoms with Crippen molar-refractivity contribution in [2.45, 2.75) is 51.9 Å². The summed E-state index contributed by atoms with van der Waals surface area (Å²) >= 11 is 0. The van der Waals surface area contributed by atoms with Gasteiger partial charge in [-0.15, -0.1) is 0 Å². The minimum absolute atomic E-state index is 0.105. The van der Waals surface area contributed by atoms with Crippen LogP contribution in [0.3, 0.4) is 0 Å². The third-order valence-electron chi connectivity index (χ3n) is 2.90. The summed E-state index contributed by atoms with van der Waals surface area (Å²) < 4.78 is 0. The molecule has 1 aliphatic rings. The van der Waals surface area contributed by atoms with Crippen LogP contribution in [0.15, 0.2) is 0 Å². The van der Waals surface area contributed by atoms with Crippen LogP contribution < -0.4 is 5.32 Å². The number of hydrogen-bond acceptors (Lipinski definition) is 1. The highest BCUT2D eigenvalue weighted by Gasteiger charge is 2.11. The Bertz CT molecular complexity index is 148. The average Bonchev–Trinajstić information content (AvgIpc) is 2.32. The van der Waals surface area contributed by atoms with Gasteiger partial charge in [0.15, 0.2) is 0 Å². The van der Waals surface area contributed by atoms with Crippen LogP contribution in [0.2, 0.25) is 0 Å². The molecular weight excluding hydrogens is 162 g/mol. The Morgan fingerprint density at radius 2 is 1.85 bits per heavy atom. The van der Waals surface area contributed by atoms with Crippen molar-refractivity contribution >= 4 is 5.91 Å². The summed E-state index contributed by atoms with van der Waals surface area (Å²) in [5, 5.41) is 2.87. The van der Waals surface area contributed by atoms with Gasteiger partial charge in [0.25, 0.3) is 0 Å². The van der Waals surface area contributed by atoms with E-state index in [1.807, 2.05) is 0 Å². The van der Waals surface area contributed by atoms with Gasteiger partial charge in [-0.25, -0.2) is 0 Å². The third kappa shape index (κ3) is 4.91. The molecule has 0 spiro atoms. The van der Waals surface area contributed by atoms with Crippen LogP contribution in [0.4, 0.5) is 0 Å². The Balaban J connectivity index is 2.08. The van der Waals surface area contributed by atoms with E-state index < -0.39 is 0 Å². The SMILES string of the molecule is CC(=O)NCCC1CCCCCC1. The Kier molecular flexibility index (Phi) is 4.87. The fourth-order valence-electron chi connectivity index (χ4n) is 2.10. The van der Waals surface area contributed by atoms with E-state index in [1.54, 1.807) is 6.92 Å². The molecule has 13 heavy (non-hydrogen) atoms. The molecule has 0 atom stereocenters. The average molecular weight is 183 g/mol. The first-order valence-electron chi connectivity index (χ1n) is 5.53. The van der Waals surface area contributed by atoms with Crippen molar-refractivity contribution in [3.05, 3.63) is 0 Å². The maximum Gasteiger partial charge on any atom is 0.216 e. The first kappa shape index (κ1) is 10.6. The molecule has 0 aliphatic heterocycles. The number of carbonyl (C=O) groups is 1. The largest absolute Gasteiger partial charge is 0.356 e. The van der Waals surface area contributed by atoms with Gasteiger partial charge < -0.3 is 5.32 Å². The first-order valence-corrected chi connectivity index (χ1v) is 5.53. The predicted molar refractivity (Wildman–Crippen MR) is 54.5 cm³/mol. The second-order valence-corrected chi connectivity index (χ2v) is 4.13. The van der Waals surface area contributed by atoms with E-state index in [0.717, 1.165) is 12.5 Å². The van der Waals surface area contributed by atoms with Gasteiger partial charge in [0.1, 0.15) is 0 Å². The Hall–Kier alpha value is -0.530. The van der Waals surface area contributed by atoms with Crippen molar-refractivity contribution in [1.82, 2.24) is 5.32 Å². The van der Waals surface area contributed by atoms with Crippen molar-refractivity contribution in [2.75, 3.05) is 6.54 Å². The lowest BCUT2D eigenvalue weighted by atomic mass is 9.97. The van der Waals surface area contributed by atoms with E-state index in [4.69, 9.17) is 0 Å². The van der Waals surface area contributed by atoms with Crippen LogP contribution in [0.5, 0.6) is 0 Å². The first-order chi connectivity index (χ1) is 6.29. The van der Waals surface area contributed by atoms with E-state index in [0.29, 0.717) is 0 Å². The summed E-state index contributed by atoms with van der Waals surface area (Å²) in [5.74, 6) is 0.975. The number of carbonyl (C=O) groups excluding carboxylic acids is 1. The predicted octanol–water partition coefficient (Wildman–Crippen LogP) is 2.48. The van der Waals surface area contributed by atoms with Crippen molar-refractivity contribution in [3.8, 4) is 0 Å². The normalized spacial score (nSPS) is 19.5. The summed E-state index contributed by atoms with van der Waals surface area (Å²) in [6, 6.07) is 0. The smallest absolute Gasteiger partial charge is 0.216 e. The van der Waals surface area contributed by atoms with Crippen LogP contribution in [0, 0.1) is 5.92 Å². The second kappa shape index (κ2) is 6.01. The summed E-state index contributed by atoms with van der Waals surface area (Å²) in [5.41, 5.74) is 0. The standard InChI is InChI=1S/C11H21NO/c1-10(13)12-9-8-11-6-4-2-3-5-7-11/h11H,2-9H2,1H3,(H,12,13). The van der Waals surface area contributed by atoms with E-state index in [1.165, 1.54) is 44.9 Å². The van der Waals surface area contributed by atoms with Gasteiger partial charge in [-0.3, -0.25) is 4.79 Å². The Morgan fingerprint density at radius 1 is 1.23 bits per heavy atom. The molecule has 1 rings (SSSR count). The van der Waals surface area contributed by atoms with Gasteiger partial charge in [-0.1, -0.05) is 38.5 Å². The fraction of sp³-hybridized carbons (Fsp3) is 0.909. The number of rotatable bonds is 3. The van der Waals surface area contributed by atoms with Crippen LogP contribution in [0.1, 0.15) is 51.9 Å². The zero-order valence-corrected chi connectivity index (χ0v) is 8.64. The zero-order chi connectivity index (χ0) is 9.52. The highest BCUT2D eigenvalue weighted by Crippen LogP contribution is 2.24. The second-order valence-electron chi connectivity index (χ2n) is 4.13. The van der Waals surface area contributed by atoms with Crippen LogP contribution >= 0.6 is 0 Å². The molecular formula is C11H21NO. The van der Waals surface area contributed by atoms with Gasteiger partial charge in [-0.05, 0) is 12.3 Å². The van der Waals surface area contributed by atoms with E-state index >= 15 is 0 Å². The molecule has 1 amide bonds. The molecule has 1 N–H and O–H groups in total. The molecule has 2 heteroatoms. The minimum atomic E-state index is 0.105. The van der Waals surface area contributed by atoms with Crippen molar-refractivity contribution in [3.63, 3.8) is 0 Å². The van der Waals surface area contributed by atoms with Crippen molar-refractivity contribution < 1.29 is 4.79 Å². The number of amides is 1. The maximum absolute atomic E-state index is 10.6. The third-order valence-corrected chi connectivity index (χ3v) is 2.90. The van der Waals surface area contributed by atoms with Gasteiger partial charge in [0.2, 0.25) is 5.91 Å². The Morgan fingerprint density at radius 3 is 2.38 bits per heavy atom. The summed E-state index contributed by atoms with van der Waals surface area (Å²) in [4.78, 5) is 10.6. The molecule has 1 fully saturated rings. The summed E-state index contributed by atoms with van der Waals surface area (Å²) in [6.45, 7) is 2.47. The molecule has 0 aromatic heterocycles. The maximum atomic E-state index is 10.6. The lowest BCUT2D eigenvalue weighted by molar-refractivity contribution is -0.119. The topological polar surface area (TPSA) is 29.1 Å². The van der Waals surface area contributed by atoms with E-state index in [-0.39, 0.29) is 5.91 Å². The lowest BCUT2D eigenvalue weighted by Gasteiger charge is -2.13. The molecule has 0 radical (unpaired) electrons. The molecule has 0 heterocycles. The van der Waals surface area contributed by atoms with Crippen LogP contribution in [-0.2, 0) is 4.79 Å². The van der Waals surface area contributed by atoms with Gasteiger partial charge in [0, 0.05) is 13.5 Å². The molecule has 2 nitrogen and oxygen atoms in total. The molecule has 0 aromatic carbocycles. The summed E-state index contributed by atoms with van der Waals surface area (Å²) in [7, 11) is 0. The minimum Gasteiger partial charge on any atom is -0.356 e. The van der Waals surface area contributed by atoms with Gasteiger partial charge in [0.05, 0.1) is 0 Å². The Labute approximate surface area is 81.1 Å².